The monoisotopic (exact) mass is 322 g/mol. The fourth-order valence-electron chi connectivity index (χ4n) is 2.67. The maximum Gasteiger partial charge on any atom is 0.233 e. The maximum absolute atomic E-state index is 12.4. The highest BCUT2D eigenvalue weighted by atomic mass is 35.5. The van der Waals surface area contributed by atoms with Crippen LogP contribution in [-0.4, -0.2) is 29.1 Å². The second-order valence-corrected chi connectivity index (χ2v) is 6.88. The molecule has 1 aromatic carbocycles. The van der Waals surface area contributed by atoms with Gasteiger partial charge in [-0.15, -0.1) is 11.8 Å². The molecule has 0 aliphatic heterocycles. The molecule has 2 rings (SSSR count). The van der Waals surface area contributed by atoms with Crippen molar-refractivity contribution in [2.45, 2.75) is 42.5 Å². The molecule has 1 saturated carbocycles. The first-order valence-electron chi connectivity index (χ1n) is 7.14. The maximum atomic E-state index is 12.4. The van der Waals surface area contributed by atoms with Gasteiger partial charge < -0.3 is 4.90 Å². The van der Waals surface area contributed by atoms with Gasteiger partial charge >= 0.3 is 0 Å². The fraction of sp³-hybridized carbons (Fsp3) is 0.500. The summed E-state index contributed by atoms with van der Waals surface area (Å²) in [6.45, 7) is 0. The van der Waals surface area contributed by atoms with Crippen molar-refractivity contribution < 1.29 is 4.79 Å². The van der Waals surface area contributed by atoms with Gasteiger partial charge in [-0.1, -0.05) is 30.9 Å². The first-order valence-corrected chi connectivity index (χ1v) is 8.50. The summed E-state index contributed by atoms with van der Waals surface area (Å²) < 4.78 is 0. The molecule has 0 bridgehead atoms. The number of rotatable bonds is 4. The Kier molecular flexibility index (Phi) is 5.55. The molecular formula is C16H19ClN2OS. The number of carbonyl (C=O) groups excluding carboxylic acids is 1. The van der Waals surface area contributed by atoms with Crippen LogP contribution in [0.4, 0.5) is 0 Å². The number of nitrogens with zero attached hydrogens (tertiary/aromatic N) is 2. The zero-order valence-electron chi connectivity index (χ0n) is 12.1. The number of amides is 1. The summed E-state index contributed by atoms with van der Waals surface area (Å²) in [7, 11) is 1.76. The van der Waals surface area contributed by atoms with Crippen molar-refractivity contribution in [2.75, 3.05) is 12.8 Å². The van der Waals surface area contributed by atoms with Crippen LogP contribution >= 0.6 is 23.4 Å². The summed E-state index contributed by atoms with van der Waals surface area (Å²) >= 11 is 7.32. The average Bonchev–Trinajstić information content (AvgIpc) is 2.54. The Bertz CT molecular complexity index is 532. The van der Waals surface area contributed by atoms with Gasteiger partial charge in [0.1, 0.15) is 5.54 Å². The van der Waals surface area contributed by atoms with E-state index < -0.39 is 5.54 Å². The molecule has 1 fully saturated rings. The van der Waals surface area contributed by atoms with Gasteiger partial charge in [0.25, 0.3) is 0 Å². The summed E-state index contributed by atoms with van der Waals surface area (Å²) in [4.78, 5) is 15.0. The van der Waals surface area contributed by atoms with Crippen LogP contribution < -0.4 is 0 Å². The summed E-state index contributed by atoms with van der Waals surface area (Å²) in [6, 6.07) is 9.82. The lowest BCUT2D eigenvalue weighted by molar-refractivity contribution is -0.131. The second kappa shape index (κ2) is 7.20. The lowest BCUT2D eigenvalue weighted by Gasteiger charge is -2.39. The number of nitriles is 1. The third kappa shape index (κ3) is 3.93. The van der Waals surface area contributed by atoms with Gasteiger partial charge in [-0.3, -0.25) is 4.79 Å². The molecule has 0 unspecified atom stereocenters. The molecule has 0 N–H and O–H groups in total. The van der Waals surface area contributed by atoms with E-state index in [1.165, 1.54) is 11.8 Å². The van der Waals surface area contributed by atoms with E-state index in [0.717, 1.165) is 37.0 Å². The minimum Gasteiger partial charge on any atom is -0.326 e. The summed E-state index contributed by atoms with van der Waals surface area (Å²) in [5.41, 5.74) is -0.601. The van der Waals surface area contributed by atoms with Gasteiger partial charge in [-0.25, -0.2) is 0 Å². The molecule has 112 valence electrons. The average molecular weight is 323 g/mol. The van der Waals surface area contributed by atoms with Crippen molar-refractivity contribution in [3.8, 4) is 6.07 Å². The molecule has 0 radical (unpaired) electrons. The van der Waals surface area contributed by atoms with Crippen LogP contribution in [-0.2, 0) is 4.79 Å². The number of hydrogen-bond donors (Lipinski definition) is 0. The molecular weight excluding hydrogens is 304 g/mol. The molecule has 1 aliphatic carbocycles. The Hall–Kier alpha value is -1.18. The zero-order chi connectivity index (χ0) is 15.3. The van der Waals surface area contributed by atoms with Crippen LogP contribution in [0.3, 0.4) is 0 Å². The first-order chi connectivity index (χ1) is 10.1. The Morgan fingerprint density at radius 2 is 1.95 bits per heavy atom. The fourth-order valence-corrected chi connectivity index (χ4v) is 3.61. The van der Waals surface area contributed by atoms with Crippen molar-refractivity contribution in [1.82, 2.24) is 4.90 Å². The smallest absolute Gasteiger partial charge is 0.233 e. The molecule has 0 aromatic heterocycles. The second-order valence-electron chi connectivity index (χ2n) is 5.40. The number of halogens is 1. The Morgan fingerprint density at radius 1 is 1.33 bits per heavy atom. The summed E-state index contributed by atoms with van der Waals surface area (Å²) in [5.74, 6) is 0.361. The van der Waals surface area contributed by atoms with Crippen LogP contribution in [0.15, 0.2) is 29.2 Å². The number of carbonyl (C=O) groups is 1. The molecule has 1 aliphatic rings. The first kappa shape index (κ1) is 16.2. The zero-order valence-corrected chi connectivity index (χ0v) is 13.7. The summed E-state index contributed by atoms with van der Waals surface area (Å²) in [6.07, 6.45) is 4.78. The third-order valence-corrected chi connectivity index (χ3v) is 5.33. The minimum absolute atomic E-state index is 0.0124. The van der Waals surface area contributed by atoms with Crippen molar-refractivity contribution in [1.29, 1.82) is 5.26 Å². The van der Waals surface area contributed by atoms with Crippen LogP contribution in [0, 0.1) is 11.3 Å². The number of thioether (sulfide) groups is 1. The molecule has 21 heavy (non-hydrogen) atoms. The number of hydrogen-bond acceptors (Lipinski definition) is 3. The van der Waals surface area contributed by atoms with E-state index >= 15 is 0 Å². The topological polar surface area (TPSA) is 44.1 Å². The van der Waals surface area contributed by atoms with E-state index in [2.05, 4.69) is 6.07 Å². The van der Waals surface area contributed by atoms with Crippen LogP contribution in [0.25, 0.3) is 0 Å². The highest BCUT2D eigenvalue weighted by Gasteiger charge is 2.38. The summed E-state index contributed by atoms with van der Waals surface area (Å²) in [5, 5.41) is 10.2. The van der Waals surface area contributed by atoms with E-state index in [-0.39, 0.29) is 5.91 Å². The van der Waals surface area contributed by atoms with Gasteiger partial charge in [0.15, 0.2) is 0 Å². The van der Waals surface area contributed by atoms with Gasteiger partial charge in [-0.05, 0) is 37.1 Å². The molecule has 1 amide bonds. The largest absolute Gasteiger partial charge is 0.326 e. The Balaban J connectivity index is 1.95. The van der Waals surface area contributed by atoms with Crippen LogP contribution in [0.2, 0.25) is 5.02 Å². The predicted molar refractivity (Wildman–Crippen MR) is 86.4 cm³/mol. The Morgan fingerprint density at radius 3 is 2.52 bits per heavy atom. The van der Waals surface area contributed by atoms with Gasteiger partial charge in [-0.2, -0.15) is 5.26 Å². The predicted octanol–water partition coefficient (Wildman–Crippen LogP) is 4.12. The standard InChI is InChI=1S/C16H19ClN2OS/c1-19(16(12-18)9-3-2-4-10-16)15(20)11-21-14-7-5-13(17)6-8-14/h5-8H,2-4,9-11H2,1H3. The van der Waals surface area contributed by atoms with Crippen LogP contribution in [0.5, 0.6) is 0 Å². The SMILES string of the molecule is CN(C(=O)CSc1ccc(Cl)cc1)C1(C#N)CCCCC1. The molecule has 5 heteroatoms. The highest BCUT2D eigenvalue weighted by molar-refractivity contribution is 8.00. The minimum atomic E-state index is -0.601. The molecule has 3 nitrogen and oxygen atoms in total. The lowest BCUT2D eigenvalue weighted by Crippen LogP contribution is -2.50. The van der Waals surface area contributed by atoms with E-state index in [0.29, 0.717) is 10.8 Å². The van der Waals surface area contributed by atoms with E-state index in [9.17, 15) is 10.1 Å². The molecule has 0 atom stereocenters. The van der Waals surface area contributed by atoms with Crippen molar-refractivity contribution in [3.05, 3.63) is 29.3 Å². The van der Waals surface area contributed by atoms with Gasteiger partial charge in [0.05, 0.1) is 11.8 Å². The molecule has 0 saturated heterocycles. The normalized spacial score (nSPS) is 17.0. The van der Waals surface area contributed by atoms with E-state index in [1.807, 2.05) is 24.3 Å². The third-order valence-electron chi connectivity index (χ3n) is 4.08. The highest BCUT2D eigenvalue weighted by Crippen LogP contribution is 2.33. The van der Waals surface area contributed by atoms with Gasteiger partial charge in [0.2, 0.25) is 5.91 Å². The molecule has 0 heterocycles. The van der Waals surface area contributed by atoms with E-state index in [1.54, 1.807) is 11.9 Å². The van der Waals surface area contributed by atoms with Crippen molar-refractivity contribution >= 4 is 29.3 Å². The van der Waals surface area contributed by atoms with Gasteiger partial charge in [0, 0.05) is 17.0 Å². The lowest BCUT2D eigenvalue weighted by atomic mass is 9.81. The van der Waals surface area contributed by atoms with Crippen LogP contribution in [0.1, 0.15) is 32.1 Å². The quantitative estimate of drug-likeness (QED) is 0.783. The van der Waals surface area contributed by atoms with Crippen molar-refractivity contribution in [3.63, 3.8) is 0 Å². The number of benzene rings is 1. The van der Waals surface area contributed by atoms with E-state index in [4.69, 9.17) is 11.6 Å². The molecule has 0 spiro atoms. The Labute approximate surface area is 135 Å². The molecule has 1 aromatic rings. The van der Waals surface area contributed by atoms with Crippen molar-refractivity contribution in [2.24, 2.45) is 0 Å².